The van der Waals surface area contributed by atoms with Crippen LogP contribution in [0, 0.1) is 5.82 Å². The molecule has 4 N–H and O–H groups in total. The van der Waals surface area contributed by atoms with Gasteiger partial charge in [-0.2, -0.15) is 5.10 Å². The molecular formula is C22H22FN5O5. The highest BCUT2D eigenvalue weighted by molar-refractivity contribution is 6.44. The maximum absolute atomic E-state index is 13.2. The van der Waals surface area contributed by atoms with Gasteiger partial charge in [-0.3, -0.25) is 24.2 Å². The van der Waals surface area contributed by atoms with Crippen molar-refractivity contribution in [2.75, 3.05) is 24.0 Å². The lowest BCUT2D eigenvalue weighted by molar-refractivity contribution is -0.141. The average Bonchev–Trinajstić information content (AvgIpc) is 3.25. The van der Waals surface area contributed by atoms with Crippen LogP contribution >= 0.6 is 0 Å². The molecule has 3 rings (SSSR count). The fourth-order valence-electron chi connectivity index (χ4n) is 3.10. The normalized spacial score (nSPS) is 14.9. The van der Waals surface area contributed by atoms with Crippen molar-refractivity contribution in [2.45, 2.75) is 18.9 Å². The molecule has 33 heavy (non-hydrogen) atoms. The highest BCUT2D eigenvalue weighted by Crippen LogP contribution is 2.25. The van der Waals surface area contributed by atoms with Gasteiger partial charge in [0.2, 0.25) is 11.8 Å². The Bertz CT molecular complexity index is 1090. The fourth-order valence-corrected chi connectivity index (χ4v) is 3.10. The number of hydrazone groups is 1. The molecule has 1 aliphatic heterocycles. The summed E-state index contributed by atoms with van der Waals surface area (Å²) in [4.78, 5) is 47.4. The maximum atomic E-state index is 13.2. The zero-order valence-electron chi connectivity index (χ0n) is 17.7. The second kappa shape index (κ2) is 10.4. The van der Waals surface area contributed by atoms with Crippen LogP contribution in [-0.2, 0) is 30.3 Å². The van der Waals surface area contributed by atoms with Crippen LogP contribution in [0.15, 0.2) is 53.6 Å². The second-order valence-corrected chi connectivity index (χ2v) is 7.17. The van der Waals surface area contributed by atoms with Gasteiger partial charge in [-0.1, -0.05) is 12.1 Å². The number of carbonyl (C=O) groups excluding carboxylic acids is 4. The number of nitrogens with two attached hydrogens (primary N) is 1. The highest BCUT2D eigenvalue weighted by atomic mass is 19.1. The molecular weight excluding hydrogens is 433 g/mol. The molecule has 10 nitrogen and oxygen atoms in total. The summed E-state index contributed by atoms with van der Waals surface area (Å²) in [6, 6.07) is 11.0. The molecule has 0 bridgehead atoms. The van der Waals surface area contributed by atoms with Crippen LogP contribution in [0.1, 0.15) is 12.0 Å². The molecule has 3 amide bonds. The van der Waals surface area contributed by atoms with E-state index < -0.39 is 29.6 Å². The number of methoxy groups -OCH3 is 1. The van der Waals surface area contributed by atoms with E-state index in [-0.39, 0.29) is 31.0 Å². The van der Waals surface area contributed by atoms with Crippen molar-refractivity contribution in [3.8, 4) is 0 Å². The van der Waals surface area contributed by atoms with E-state index in [1.165, 1.54) is 36.4 Å². The van der Waals surface area contributed by atoms with Crippen molar-refractivity contribution in [3.05, 3.63) is 59.9 Å². The number of ether oxygens (including phenoxy) is 1. The van der Waals surface area contributed by atoms with Gasteiger partial charge in [0, 0.05) is 12.1 Å². The number of nitrogens with zero attached hydrogens (tertiary/aromatic N) is 2. The summed E-state index contributed by atoms with van der Waals surface area (Å²) in [5, 5.41) is 10.6. The number of benzene rings is 2. The smallest absolute Gasteiger partial charge is 0.325 e. The van der Waals surface area contributed by atoms with Crippen molar-refractivity contribution in [2.24, 2.45) is 10.8 Å². The Morgan fingerprint density at radius 1 is 1.12 bits per heavy atom. The first-order valence-corrected chi connectivity index (χ1v) is 9.92. The molecule has 0 radical (unpaired) electrons. The van der Waals surface area contributed by atoms with E-state index in [1.54, 1.807) is 24.3 Å². The molecule has 0 saturated carbocycles. The minimum absolute atomic E-state index is 0.00298. The Labute approximate surface area is 188 Å². The molecule has 1 unspecified atom stereocenters. The van der Waals surface area contributed by atoms with Crippen LogP contribution < -0.4 is 21.4 Å². The number of carbonyl (C=O) groups is 4. The predicted octanol–water partition coefficient (Wildman–Crippen LogP) is 0.716. The first kappa shape index (κ1) is 23.4. The fraction of sp³-hybridized carbons (Fsp3) is 0.227. The molecule has 2 aromatic rings. The van der Waals surface area contributed by atoms with E-state index in [2.05, 4.69) is 20.5 Å². The molecule has 2 aromatic carbocycles. The van der Waals surface area contributed by atoms with E-state index in [9.17, 15) is 23.6 Å². The monoisotopic (exact) mass is 455 g/mol. The van der Waals surface area contributed by atoms with E-state index in [1.807, 2.05) is 0 Å². The summed E-state index contributed by atoms with van der Waals surface area (Å²) >= 11 is 0. The van der Waals surface area contributed by atoms with Crippen LogP contribution in [-0.4, -0.2) is 49.1 Å². The Morgan fingerprint density at radius 3 is 2.39 bits per heavy atom. The van der Waals surface area contributed by atoms with Gasteiger partial charge >= 0.3 is 5.97 Å². The van der Waals surface area contributed by atoms with Gasteiger partial charge in [0.15, 0.2) is 0 Å². The Hall–Kier alpha value is -4.28. The summed E-state index contributed by atoms with van der Waals surface area (Å²) in [6.07, 6.45) is 0.0435. The summed E-state index contributed by atoms with van der Waals surface area (Å²) in [5.74, 6) is -2.53. The number of primary amides is 1. The second-order valence-electron chi connectivity index (χ2n) is 7.17. The van der Waals surface area contributed by atoms with E-state index >= 15 is 0 Å². The van der Waals surface area contributed by atoms with Crippen molar-refractivity contribution in [1.29, 1.82) is 0 Å². The zero-order chi connectivity index (χ0) is 24.0. The predicted molar refractivity (Wildman–Crippen MR) is 118 cm³/mol. The standard InChI is InChI=1S/C22H22FN5O5/c1-33-20(30)12-25-19(29)10-13-2-6-15(7-3-13)26-22(32)17-11-18(21(24)31)28(27-17)16-8-4-14(23)5-9-16/h2-9,18H,10-12H2,1H3,(H2,24,31)(H,25,29)(H,26,32). The van der Waals surface area contributed by atoms with Crippen molar-refractivity contribution >= 4 is 40.8 Å². The first-order chi connectivity index (χ1) is 15.8. The van der Waals surface area contributed by atoms with Gasteiger partial charge in [0.1, 0.15) is 24.1 Å². The van der Waals surface area contributed by atoms with Gasteiger partial charge in [-0.25, -0.2) is 4.39 Å². The van der Waals surface area contributed by atoms with E-state index in [4.69, 9.17) is 5.73 Å². The molecule has 1 atom stereocenters. The molecule has 1 aliphatic rings. The Kier molecular flexibility index (Phi) is 7.34. The van der Waals surface area contributed by atoms with Crippen molar-refractivity contribution in [1.82, 2.24) is 5.32 Å². The van der Waals surface area contributed by atoms with Crippen LogP contribution in [0.25, 0.3) is 0 Å². The molecule has 1 heterocycles. The molecule has 0 fully saturated rings. The Balaban J connectivity index is 1.62. The van der Waals surface area contributed by atoms with Crippen molar-refractivity contribution < 1.29 is 28.3 Å². The molecule has 0 spiro atoms. The minimum Gasteiger partial charge on any atom is -0.468 e. The van der Waals surface area contributed by atoms with Crippen LogP contribution in [0.4, 0.5) is 15.8 Å². The van der Waals surface area contributed by atoms with Crippen LogP contribution in [0.2, 0.25) is 0 Å². The topological polar surface area (TPSA) is 143 Å². The lowest BCUT2D eigenvalue weighted by Crippen LogP contribution is -2.39. The number of anilines is 2. The van der Waals surface area contributed by atoms with E-state index in [0.29, 0.717) is 16.9 Å². The Morgan fingerprint density at radius 2 is 1.79 bits per heavy atom. The summed E-state index contributed by atoms with van der Waals surface area (Å²) in [7, 11) is 1.23. The van der Waals surface area contributed by atoms with E-state index in [0.717, 1.165) is 0 Å². The highest BCUT2D eigenvalue weighted by Gasteiger charge is 2.35. The maximum Gasteiger partial charge on any atom is 0.325 e. The molecule has 172 valence electrons. The quantitative estimate of drug-likeness (QED) is 0.501. The van der Waals surface area contributed by atoms with Crippen molar-refractivity contribution in [3.63, 3.8) is 0 Å². The zero-order valence-corrected chi connectivity index (χ0v) is 17.7. The summed E-state index contributed by atoms with van der Waals surface area (Å²) in [5.41, 5.74) is 7.10. The molecule has 0 aliphatic carbocycles. The number of hydrogen-bond donors (Lipinski definition) is 3. The molecule has 0 saturated heterocycles. The number of esters is 1. The minimum atomic E-state index is -0.873. The third-order valence-corrected chi connectivity index (χ3v) is 4.83. The number of amides is 3. The van der Waals surface area contributed by atoms with Gasteiger partial charge in [0.05, 0.1) is 19.2 Å². The lowest BCUT2D eigenvalue weighted by atomic mass is 10.1. The van der Waals surface area contributed by atoms with Gasteiger partial charge in [0.25, 0.3) is 5.91 Å². The number of hydrogen-bond acceptors (Lipinski definition) is 7. The van der Waals surface area contributed by atoms with Gasteiger partial charge in [-0.05, 0) is 42.0 Å². The number of halogens is 1. The van der Waals surface area contributed by atoms with Gasteiger partial charge in [-0.15, -0.1) is 0 Å². The number of nitrogens with one attached hydrogen (secondary N) is 2. The SMILES string of the molecule is COC(=O)CNC(=O)Cc1ccc(NC(=O)C2=NN(c3ccc(F)cc3)C(C(N)=O)C2)cc1. The largest absolute Gasteiger partial charge is 0.468 e. The summed E-state index contributed by atoms with van der Waals surface area (Å²) in [6.45, 7) is -0.215. The third kappa shape index (κ3) is 6.12. The van der Waals surface area contributed by atoms with Crippen LogP contribution in [0.3, 0.4) is 0 Å². The third-order valence-electron chi connectivity index (χ3n) is 4.83. The van der Waals surface area contributed by atoms with Crippen LogP contribution in [0.5, 0.6) is 0 Å². The molecule has 0 aromatic heterocycles. The summed E-state index contributed by atoms with van der Waals surface area (Å²) < 4.78 is 17.7. The average molecular weight is 455 g/mol. The number of rotatable bonds is 8. The molecule has 11 heteroatoms. The van der Waals surface area contributed by atoms with Gasteiger partial charge < -0.3 is 21.1 Å². The lowest BCUT2D eigenvalue weighted by Gasteiger charge is -2.20. The first-order valence-electron chi connectivity index (χ1n) is 9.92.